The molecule has 0 bridgehead atoms. The van der Waals surface area contributed by atoms with Gasteiger partial charge in [-0.25, -0.2) is 13.2 Å². The number of esters is 1. The number of carbonyl (C=O) groups excluding carboxylic acids is 2. The van der Waals surface area contributed by atoms with Gasteiger partial charge in [-0.15, -0.1) is 0 Å². The first-order chi connectivity index (χ1) is 16.6. The lowest BCUT2D eigenvalue weighted by atomic mass is 9.96. The molecular weight excluding hydrogens is 474 g/mol. The van der Waals surface area contributed by atoms with E-state index in [0.29, 0.717) is 76.5 Å². The highest BCUT2D eigenvalue weighted by Crippen LogP contribution is 2.35. The summed E-state index contributed by atoms with van der Waals surface area (Å²) in [5.41, 5.74) is 1.18. The molecule has 1 amide bonds. The van der Waals surface area contributed by atoms with Crippen LogP contribution in [0.1, 0.15) is 61.3 Å². The van der Waals surface area contributed by atoms with Crippen LogP contribution in [0, 0.1) is 19.8 Å². The number of hydrogen-bond acceptors (Lipinski definition) is 7. The van der Waals surface area contributed by atoms with Crippen molar-refractivity contribution in [2.45, 2.75) is 70.6 Å². The van der Waals surface area contributed by atoms with E-state index < -0.39 is 27.7 Å². The van der Waals surface area contributed by atoms with Gasteiger partial charge in [-0.3, -0.25) is 4.79 Å². The lowest BCUT2D eigenvalue weighted by Gasteiger charge is -2.40. The van der Waals surface area contributed by atoms with Gasteiger partial charge in [-0.05, 0) is 40.5 Å². The Morgan fingerprint density at radius 1 is 1.06 bits per heavy atom. The molecule has 3 saturated heterocycles. The van der Waals surface area contributed by atoms with Crippen molar-refractivity contribution < 1.29 is 32.2 Å². The second kappa shape index (κ2) is 10.2. The van der Waals surface area contributed by atoms with E-state index in [-0.39, 0.29) is 29.5 Å². The molecule has 4 rings (SSSR count). The van der Waals surface area contributed by atoms with Crippen molar-refractivity contribution in [2.24, 2.45) is 5.92 Å². The average Bonchev–Trinajstić information content (AvgIpc) is 3.40. The summed E-state index contributed by atoms with van der Waals surface area (Å²) in [6.45, 7) is 10.4. The molecular formula is C24H37N3O7S. The molecule has 1 aromatic rings. The Morgan fingerprint density at radius 2 is 1.71 bits per heavy atom. The van der Waals surface area contributed by atoms with E-state index in [1.807, 2.05) is 16.4 Å². The predicted octanol–water partition coefficient (Wildman–Crippen LogP) is 2.07. The van der Waals surface area contributed by atoms with Gasteiger partial charge in [0.1, 0.15) is 10.5 Å². The quantitative estimate of drug-likeness (QED) is 0.538. The number of likely N-dealkylation sites (tertiary alicyclic amines) is 1. The summed E-state index contributed by atoms with van der Waals surface area (Å²) in [4.78, 5) is 27.9. The largest absolute Gasteiger partial charge is 0.462 e. The highest BCUT2D eigenvalue weighted by molar-refractivity contribution is 7.89. The third kappa shape index (κ3) is 4.75. The molecule has 1 unspecified atom stereocenters. The Kier molecular flexibility index (Phi) is 7.61. The van der Waals surface area contributed by atoms with Gasteiger partial charge in [0.05, 0.1) is 25.7 Å². The summed E-state index contributed by atoms with van der Waals surface area (Å²) in [5, 5.41) is 0. The summed E-state index contributed by atoms with van der Waals surface area (Å²) in [6.07, 6.45) is 2.47. The Morgan fingerprint density at radius 3 is 2.31 bits per heavy atom. The van der Waals surface area contributed by atoms with Crippen molar-refractivity contribution in [3.05, 3.63) is 17.0 Å². The van der Waals surface area contributed by atoms with Crippen molar-refractivity contribution in [3.63, 3.8) is 0 Å². The first kappa shape index (κ1) is 26.1. The van der Waals surface area contributed by atoms with E-state index in [1.165, 1.54) is 4.31 Å². The average molecular weight is 512 g/mol. The van der Waals surface area contributed by atoms with Crippen LogP contribution in [0.25, 0.3) is 0 Å². The fourth-order valence-electron chi connectivity index (χ4n) is 5.69. The smallest absolute Gasteiger partial charge is 0.341 e. The van der Waals surface area contributed by atoms with Gasteiger partial charge >= 0.3 is 5.97 Å². The SMILES string of the molecule is CCOC(=O)c1c(S(=O)(=O)N2CCCC(C(=O)N3CCC4(CC3)OCCO4)C2)c(C)n(CC)c1C. The molecule has 4 heterocycles. The number of piperidine rings is 2. The fourth-order valence-corrected chi connectivity index (χ4v) is 7.67. The minimum absolute atomic E-state index is 0.00107. The maximum atomic E-state index is 13.9. The molecule has 196 valence electrons. The third-order valence-electron chi connectivity index (χ3n) is 7.50. The van der Waals surface area contributed by atoms with Crippen LogP contribution in [-0.2, 0) is 35.6 Å². The van der Waals surface area contributed by atoms with Crippen molar-refractivity contribution in [1.82, 2.24) is 13.8 Å². The standard InChI is InChI=1S/C24H37N3O7S/c1-5-27-17(3)20(23(29)32-6-2)21(18(27)4)35(30,31)26-11-7-8-19(16-26)22(28)25-12-9-24(10-13-25)33-14-15-34-24/h19H,5-16H2,1-4H3. The molecule has 0 aromatic carbocycles. The summed E-state index contributed by atoms with van der Waals surface area (Å²) in [5.74, 6) is -1.65. The number of aromatic nitrogens is 1. The van der Waals surface area contributed by atoms with Crippen LogP contribution in [0.3, 0.4) is 0 Å². The van der Waals surface area contributed by atoms with Crippen LogP contribution < -0.4 is 0 Å². The maximum Gasteiger partial charge on any atom is 0.341 e. The van der Waals surface area contributed by atoms with E-state index in [0.717, 1.165) is 0 Å². The van der Waals surface area contributed by atoms with Crippen LogP contribution in [0.2, 0.25) is 0 Å². The minimum Gasteiger partial charge on any atom is -0.462 e. The van der Waals surface area contributed by atoms with Gasteiger partial charge in [-0.2, -0.15) is 4.31 Å². The van der Waals surface area contributed by atoms with Crippen LogP contribution in [-0.4, -0.2) is 85.9 Å². The zero-order chi connectivity index (χ0) is 25.4. The van der Waals surface area contributed by atoms with Gasteiger partial charge in [0.15, 0.2) is 5.79 Å². The lowest BCUT2D eigenvalue weighted by Crippen LogP contribution is -2.51. The molecule has 1 aromatic heterocycles. The molecule has 10 nitrogen and oxygen atoms in total. The minimum atomic E-state index is -4.01. The Balaban J connectivity index is 1.54. The van der Waals surface area contributed by atoms with Crippen LogP contribution in [0.4, 0.5) is 0 Å². The molecule has 1 spiro atoms. The van der Waals surface area contributed by atoms with Gasteiger partial charge < -0.3 is 23.7 Å². The highest BCUT2D eigenvalue weighted by Gasteiger charge is 2.43. The number of carbonyl (C=O) groups is 2. The molecule has 35 heavy (non-hydrogen) atoms. The van der Waals surface area contributed by atoms with Gasteiger partial charge in [0.25, 0.3) is 0 Å². The molecule has 3 aliphatic heterocycles. The third-order valence-corrected chi connectivity index (χ3v) is 9.53. The summed E-state index contributed by atoms with van der Waals surface area (Å²) in [7, 11) is -4.01. The van der Waals surface area contributed by atoms with Gasteiger partial charge in [-0.1, -0.05) is 0 Å². The molecule has 11 heteroatoms. The fraction of sp³-hybridized carbons (Fsp3) is 0.750. The molecule has 0 radical (unpaired) electrons. The topological polar surface area (TPSA) is 107 Å². The van der Waals surface area contributed by atoms with E-state index in [2.05, 4.69) is 0 Å². The Bertz CT molecular complexity index is 1070. The second-order valence-electron chi connectivity index (χ2n) is 9.47. The molecule has 0 aliphatic carbocycles. The predicted molar refractivity (Wildman–Crippen MR) is 127 cm³/mol. The van der Waals surface area contributed by atoms with Crippen molar-refractivity contribution >= 4 is 21.9 Å². The number of hydrogen-bond donors (Lipinski definition) is 0. The summed E-state index contributed by atoms with van der Waals surface area (Å²) >= 11 is 0. The van der Waals surface area contributed by atoms with Crippen LogP contribution >= 0.6 is 0 Å². The van der Waals surface area contributed by atoms with Crippen LogP contribution in [0.5, 0.6) is 0 Å². The summed E-state index contributed by atoms with van der Waals surface area (Å²) < 4.78 is 47.7. The van der Waals surface area contributed by atoms with Gasteiger partial charge in [0.2, 0.25) is 15.9 Å². The molecule has 3 fully saturated rings. The molecule has 0 saturated carbocycles. The molecule has 0 N–H and O–H groups in total. The highest BCUT2D eigenvalue weighted by atomic mass is 32.2. The zero-order valence-electron chi connectivity index (χ0n) is 21.2. The normalized spacial score (nSPS) is 23.1. The van der Waals surface area contributed by atoms with E-state index in [9.17, 15) is 18.0 Å². The first-order valence-corrected chi connectivity index (χ1v) is 14.0. The number of ether oxygens (including phenoxy) is 3. The van der Waals surface area contributed by atoms with Crippen molar-refractivity contribution in [1.29, 1.82) is 0 Å². The lowest BCUT2D eigenvalue weighted by molar-refractivity contribution is -0.188. The number of nitrogens with zero attached hydrogens (tertiary/aromatic N) is 3. The molecule has 1 atom stereocenters. The monoisotopic (exact) mass is 511 g/mol. The zero-order valence-corrected chi connectivity index (χ0v) is 22.0. The van der Waals surface area contributed by atoms with E-state index in [1.54, 1.807) is 20.8 Å². The number of sulfonamides is 1. The van der Waals surface area contributed by atoms with Crippen LogP contribution in [0.15, 0.2) is 4.90 Å². The number of amides is 1. The van der Waals surface area contributed by atoms with Gasteiger partial charge in [0, 0.05) is 57.0 Å². The van der Waals surface area contributed by atoms with E-state index in [4.69, 9.17) is 14.2 Å². The maximum absolute atomic E-state index is 13.9. The Hall–Kier alpha value is -1.95. The van der Waals surface area contributed by atoms with E-state index >= 15 is 0 Å². The second-order valence-corrected chi connectivity index (χ2v) is 11.3. The number of rotatable bonds is 6. The van der Waals surface area contributed by atoms with Crippen molar-refractivity contribution in [3.8, 4) is 0 Å². The summed E-state index contributed by atoms with van der Waals surface area (Å²) in [6, 6.07) is 0. The Labute approximate surface area is 207 Å². The van der Waals surface area contributed by atoms with Crippen molar-refractivity contribution in [2.75, 3.05) is 46.0 Å². The first-order valence-electron chi connectivity index (χ1n) is 12.6. The molecule has 3 aliphatic rings.